The minimum atomic E-state index is -0.412. The predicted octanol–water partition coefficient (Wildman–Crippen LogP) is 2.86. The summed E-state index contributed by atoms with van der Waals surface area (Å²) in [5.41, 5.74) is 1.29. The third kappa shape index (κ3) is 3.04. The normalized spacial score (nSPS) is 10.5. The molecule has 0 bridgehead atoms. The summed E-state index contributed by atoms with van der Waals surface area (Å²) in [6, 6.07) is 14.0. The van der Waals surface area contributed by atoms with Crippen LogP contribution in [0.1, 0.15) is 10.4 Å². The number of ether oxygens (including phenoxy) is 1. The topological polar surface area (TPSA) is 69.9 Å². The number of halogens is 1. The molecule has 0 spiro atoms. The van der Waals surface area contributed by atoms with E-state index in [1.54, 1.807) is 48.1 Å². The molecule has 3 rings (SSSR count). The van der Waals surface area contributed by atoms with Crippen molar-refractivity contribution in [2.24, 2.45) is 7.05 Å². The fourth-order valence-electron chi connectivity index (χ4n) is 1.90. The molecular weight excluding hydrogens is 348 g/mol. The zero-order chi connectivity index (χ0) is 15.5. The van der Waals surface area contributed by atoms with Crippen molar-refractivity contribution in [1.29, 1.82) is 0 Å². The highest BCUT2D eigenvalue weighted by Gasteiger charge is 2.11. The standard InChI is InChI=1S/C15H11BrN4O2/c1-20-14(17-18-19-20)10-2-4-11(5-3-10)15(21)22-13-8-6-12(16)7-9-13/h2-9H,1H3. The van der Waals surface area contributed by atoms with Crippen LogP contribution in [0.4, 0.5) is 0 Å². The number of benzene rings is 2. The van der Waals surface area contributed by atoms with Crippen molar-refractivity contribution in [2.45, 2.75) is 0 Å². The molecule has 0 saturated carbocycles. The highest BCUT2D eigenvalue weighted by Crippen LogP contribution is 2.19. The summed E-state index contributed by atoms with van der Waals surface area (Å²) in [7, 11) is 1.76. The highest BCUT2D eigenvalue weighted by atomic mass is 79.9. The lowest BCUT2D eigenvalue weighted by Crippen LogP contribution is -2.08. The lowest BCUT2D eigenvalue weighted by molar-refractivity contribution is 0.0735. The van der Waals surface area contributed by atoms with E-state index in [0.29, 0.717) is 17.1 Å². The molecule has 22 heavy (non-hydrogen) atoms. The lowest BCUT2D eigenvalue weighted by atomic mass is 10.1. The molecule has 7 heteroatoms. The van der Waals surface area contributed by atoms with Crippen molar-refractivity contribution in [2.75, 3.05) is 0 Å². The fraction of sp³-hybridized carbons (Fsp3) is 0.0667. The molecule has 1 aromatic heterocycles. The van der Waals surface area contributed by atoms with Gasteiger partial charge in [-0.2, -0.15) is 0 Å². The first-order valence-corrected chi connectivity index (χ1v) is 7.23. The van der Waals surface area contributed by atoms with Gasteiger partial charge in [-0.3, -0.25) is 0 Å². The molecule has 3 aromatic rings. The number of tetrazole rings is 1. The Bertz CT molecular complexity index is 797. The Morgan fingerprint density at radius 1 is 1.09 bits per heavy atom. The molecule has 0 unspecified atom stereocenters. The summed E-state index contributed by atoms with van der Waals surface area (Å²) in [5, 5.41) is 11.3. The zero-order valence-corrected chi connectivity index (χ0v) is 13.2. The van der Waals surface area contributed by atoms with E-state index in [1.807, 2.05) is 12.1 Å². The van der Waals surface area contributed by atoms with Gasteiger partial charge in [0.25, 0.3) is 0 Å². The van der Waals surface area contributed by atoms with E-state index in [1.165, 1.54) is 0 Å². The van der Waals surface area contributed by atoms with Crippen LogP contribution in [0.3, 0.4) is 0 Å². The number of aromatic nitrogens is 4. The van der Waals surface area contributed by atoms with E-state index in [0.717, 1.165) is 10.0 Å². The number of carbonyl (C=O) groups is 1. The van der Waals surface area contributed by atoms with E-state index < -0.39 is 5.97 Å². The summed E-state index contributed by atoms with van der Waals surface area (Å²) in [5.74, 6) is 0.715. The van der Waals surface area contributed by atoms with Crippen LogP contribution in [0.15, 0.2) is 53.0 Å². The average Bonchev–Trinajstić information content (AvgIpc) is 2.96. The maximum absolute atomic E-state index is 12.1. The van der Waals surface area contributed by atoms with Crippen molar-refractivity contribution in [3.05, 3.63) is 58.6 Å². The number of aryl methyl sites for hydroxylation is 1. The SMILES string of the molecule is Cn1nnnc1-c1ccc(C(=O)Oc2ccc(Br)cc2)cc1. The van der Waals surface area contributed by atoms with Crippen molar-refractivity contribution < 1.29 is 9.53 Å². The van der Waals surface area contributed by atoms with E-state index >= 15 is 0 Å². The number of carbonyl (C=O) groups excluding carboxylic acids is 1. The molecule has 0 atom stereocenters. The lowest BCUT2D eigenvalue weighted by Gasteiger charge is -2.05. The molecule has 0 aliphatic rings. The average molecular weight is 359 g/mol. The second-order valence-corrected chi connectivity index (χ2v) is 5.46. The van der Waals surface area contributed by atoms with E-state index in [4.69, 9.17) is 4.74 Å². The molecule has 2 aromatic carbocycles. The van der Waals surface area contributed by atoms with Gasteiger partial charge in [0.05, 0.1) is 5.56 Å². The molecule has 0 aliphatic heterocycles. The number of hydrogen-bond acceptors (Lipinski definition) is 5. The number of hydrogen-bond donors (Lipinski definition) is 0. The highest BCUT2D eigenvalue weighted by molar-refractivity contribution is 9.10. The summed E-state index contributed by atoms with van der Waals surface area (Å²) < 4.78 is 7.79. The third-order valence-corrected chi connectivity index (χ3v) is 3.55. The van der Waals surface area contributed by atoms with Gasteiger partial charge in [-0.25, -0.2) is 9.48 Å². The first kappa shape index (κ1) is 14.4. The molecular formula is C15H11BrN4O2. The van der Waals surface area contributed by atoms with Crippen molar-refractivity contribution in [3.8, 4) is 17.1 Å². The Hall–Kier alpha value is -2.54. The monoisotopic (exact) mass is 358 g/mol. The number of rotatable bonds is 3. The maximum Gasteiger partial charge on any atom is 0.343 e. The van der Waals surface area contributed by atoms with Gasteiger partial charge in [-0.15, -0.1) is 5.10 Å². The van der Waals surface area contributed by atoms with Crippen LogP contribution in [0.2, 0.25) is 0 Å². The quantitative estimate of drug-likeness (QED) is 0.531. The Morgan fingerprint density at radius 2 is 1.77 bits per heavy atom. The first-order chi connectivity index (χ1) is 10.6. The smallest absolute Gasteiger partial charge is 0.343 e. The summed E-state index contributed by atoms with van der Waals surface area (Å²) in [6.45, 7) is 0. The Kier molecular flexibility index (Phi) is 3.97. The van der Waals surface area contributed by atoms with Crippen molar-refractivity contribution in [1.82, 2.24) is 20.2 Å². The Balaban J connectivity index is 1.76. The minimum Gasteiger partial charge on any atom is -0.423 e. The van der Waals surface area contributed by atoms with Crippen molar-refractivity contribution in [3.63, 3.8) is 0 Å². The van der Waals surface area contributed by atoms with Gasteiger partial charge in [0, 0.05) is 17.1 Å². The van der Waals surface area contributed by atoms with Crippen LogP contribution in [-0.4, -0.2) is 26.2 Å². The molecule has 0 amide bonds. The van der Waals surface area contributed by atoms with Crippen LogP contribution >= 0.6 is 15.9 Å². The molecule has 1 heterocycles. The van der Waals surface area contributed by atoms with Crippen LogP contribution < -0.4 is 4.74 Å². The van der Waals surface area contributed by atoms with Crippen LogP contribution in [0.25, 0.3) is 11.4 Å². The number of nitrogens with zero attached hydrogens (tertiary/aromatic N) is 4. The van der Waals surface area contributed by atoms with Gasteiger partial charge in [-0.05, 0) is 46.8 Å². The molecule has 0 aliphatic carbocycles. The molecule has 0 fully saturated rings. The van der Waals surface area contributed by atoms with E-state index in [2.05, 4.69) is 31.5 Å². The van der Waals surface area contributed by atoms with Gasteiger partial charge >= 0.3 is 5.97 Å². The Labute approximate surface area is 134 Å². The van der Waals surface area contributed by atoms with Crippen LogP contribution in [-0.2, 0) is 7.05 Å². The first-order valence-electron chi connectivity index (χ1n) is 6.44. The molecule has 0 radical (unpaired) electrons. The minimum absolute atomic E-state index is 0.412. The van der Waals surface area contributed by atoms with Gasteiger partial charge in [0.15, 0.2) is 5.82 Å². The molecule has 0 N–H and O–H groups in total. The van der Waals surface area contributed by atoms with Crippen LogP contribution in [0, 0.1) is 0 Å². The van der Waals surface area contributed by atoms with Gasteiger partial charge in [0.2, 0.25) is 0 Å². The van der Waals surface area contributed by atoms with Gasteiger partial charge in [-0.1, -0.05) is 28.1 Å². The molecule has 110 valence electrons. The second kappa shape index (κ2) is 6.07. The summed E-state index contributed by atoms with van der Waals surface area (Å²) in [4.78, 5) is 12.1. The largest absolute Gasteiger partial charge is 0.423 e. The van der Waals surface area contributed by atoms with Crippen molar-refractivity contribution >= 4 is 21.9 Å². The fourth-order valence-corrected chi connectivity index (χ4v) is 2.16. The number of esters is 1. The van der Waals surface area contributed by atoms with Gasteiger partial charge in [0.1, 0.15) is 5.75 Å². The second-order valence-electron chi connectivity index (χ2n) is 4.55. The molecule has 0 saturated heterocycles. The zero-order valence-electron chi connectivity index (χ0n) is 11.6. The predicted molar refractivity (Wildman–Crippen MR) is 83.3 cm³/mol. The third-order valence-electron chi connectivity index (χ3n) is 3.02. The summed E-state index contributed by atoms with van der Waals surface area (Å²) in [6.07, 6.45) is 0. The Morgan fingerprint density at radius 3 is 2.36 bits per heavy atom. The maximum atomic E-state index is 12.1. The van der Waals surface area contributed by atoms with Crippen LogP contribution in [0.5, 0.6) is 5.75 Å². The molecule has 6 nitrogen and oxygen atoms in total. The summed E-state index contributed by atoms with van der Waals surface area (Å²) >= 11 is 3.33. The van der Waals surface area contributed by atoms with E-state index in [9.17, 15) is 4.79 Å². The van der Waals surface area contributed by atoms with E-state index in [-0.39, 0.29) is 0 Å². The van der Waals surface area contributed by atoms with Gasteiger partial charge < -0.3 is 4.74 Å².